The Balaban J connectivity index is 3.80. The van der Waals surface area contributed by atoms with Crippen LogP contribution in [0.4, 0.5) is 0 Å². The van der Waals surface area contributed by atoms with E-state index in [2.05, 4.69) is 6.92 Å². The maximum atomic E-state index is 10.9. The molecule has 2 atom stereocenters. The zero-order valence-corrected chi connectivity index (χ0v) is 9.20. The molecule has 0 aliphatic carbocycles. The van der Waals surface area contributed by atoms with Gasteiger partial charge in [0.1, 0.15) is 0 Å². The van der Waals surface area contributed by atoms with Crippen LogP contribution in [0.25, 0.3) is 0 Å². The number of rotatable bonds is 8. The lowest BCUT2D eigenvalue weighted by molar-refractivity contribution is -0.144. The Morgan fingerprint density at radius 1 is 1.29 bits per heavy atom. The van der Waals surface area contributed by atoms with Crippen molar-refractivity contribution >= 4 is 5.97 Å². The Morgan fingerprint density at radius 3 is 2.36 bits per heavy atom. The number of unbranched alkanes of at least 4 members (excludes halogenated alkanes) is 3. The number of hydrogen-bond donors (Lipinski definition) is 2. The summed E-state index contributed by atoms with van der Waals surface area (Å²) in [6, 6.07) is 0. The fourth-order valence-electron chi connectivity index (χ4n) is 1.57. The quantitative estimate of drug-likeness (QED) is 0.594. The zero-order valence-electron chi connectivity index (χ0n) is 9.20. The van der Waals surface area contributed by atoms with E-state index in [0.29, 0.717) is 6.42 Å². The third-order valence-corrected chi connectivity index (χ3v) is 2.66. The topological polar surface area (TPSA) is 57.5 Å². The van der Waals surface area contributed by atoms with E-state index in [1.165, 1.54) is 6.42 Å². The van der Waals surface area contributed by atoms with Crippen LogP contribution in [0.1, 0.15) is 46.0 Å². The van der Waals surface area contributed by atoms with E-state index in [0.717, 1.165) is 19.3 Å². The maximum absolute atomic E-state index is 10.9. The highest BCUT2D eigenvalue weighted by molar-refractivity contribution is 5.70. The predicted molar refractivity (Wildman–Crippen MR) is 56.1 cm³/mol. The molecule has 0 aromatic heterocycles. The van der Waals surface area contributed by atoms with Crippen LogP contribution in [0.15, 0.2) is 0 Å². The molecule has 0 rings (SSSR count). The predicted octanol–water partition coefficient (Wildman–Crippen LogP) is 2.29. The van der Waals surface area contributed by atoms with Gasteiger partial charge in [-0.3, -0.25) is 4.79 Å². The Labute approximate surface area is 86.1 Å². The van der Waals surface area contributed by atoms with E-state index in [4.69, 9.17) is 10.2 Å². The van der Waals surface area contributed by atoms with Crippen LogP contribution >= 0.6 is 0 Å². The smallest absolute Gasteiger partial charge is 0.306 e. The molecule has 0 saturated carbocycles. The van der Waals surface area contributed by atoms with Gasteiger partial charge in [0.05, 0.1) is 5.92 Å². The molecular weight excluding hydrogens is 180 g/mol. The Kier molecular flexibility index (Phi) is 7.48. The summed E-state index contributed by atoms with van der Waals surface area (Å²) in [4.78, 5) is 10.9. The molecule has 2 unspecified atom stereocenters. The zero-order chi connectivity index (χ0) is 11.0. The second-order valence-electron chi connectivity index (χ2n) is 3.95. The standard InChI is InChI=1S/C11H22O3/c1-3-4-5-6-7-10(11(13)14)9(2)8-12/h9-10,12H,3-8H2,1-2H3,(H,13,14). The molecule has 0 spiro atoms. The minimum absolute atomic E-state index is 0.0370. The Bertz CT molecular complexity index is 157. The summed E-state index contributed by atoms with van der Waals surface area (Å²) in [5.74, 6) is -1.28. The maximum Gasteiger partial charge on any atom is 0.306 e. The van der Waals surface area contributed by atoms with Gasteiger partial charge in [0.15, 0.2) is 0 Å². The molecule has 0 radical (unpaired) electrons. The van der Waals surface area contributed by atoms with Crippen LogP contribution in [0.5, 0.6) is 0 Å². The van der Waals surface area contributed by atoms with E-state index < -0.39 is 5.97 Å². The van der Waals surface area contributed by atoms with Crippen LogP contribution < -0.4 is 0 Å². The minimum atomic E-state index is -0.775. The summed E-state index contributed by atoms with van der Waals surface area (Å²) in [5.41, 5.74) is 0. The van der Waals surface area contributed by atoms with Gasteiger partial charge in [0, 0.05) is 6.61 Å². The van der Waals surface area contributed by atoms with Crippen molar-refractivity contribution in [3.8, 4) is 0 Å². The van der Waals surface area contributed by atoms with E-state index in [1.807, 2.05) is 0 Å². The molecule has 0 aliphatic rings. The van der Waals surface area contributed by atoms with Crippen LogP contribution in [0.2, 0.25) is 0 Å². The molecule has 3 nitrogen and oxygen atoms in total. The number of aliphatic hydroxyl groups excluding tert-OH is 1. The van der Waals surface area contributed by atoms with Crippen molar-refractivity contribution in [1.29, 1.82) is 0 Å². The average Bonchev–Trinajstić information content (AvgIpc) is 2.16. The number of carbonyl (C=O) groups is 1. The normalized spacial score (nSPS) is 15.1. The van der Waals surface area contributed by atoms with Gasteiger partial charge in [-0.2, -0.15) is 0 Å². The first kappa shape index (κ1) is 13.4. The van der Waals surface area contributed by atoms with E-state index >= 15 is 0 Å². The van der Waals surface area contributed by atoms with Crippen LogP contribution in [-0.4, -0.2) is 22.8 Å². The molecule has 0 bridgehead atoms. The van der Waals surface area contributed by atoms with Crippen molar-refractivity contribution in [2.75, 3.05) is 6.61 Å². The summed E-state index contributed by atoms with van der Waals surface area (Å²) < 4.78 is 0. The van der Waals surface area contributed by atoms with Gasteiger partial charge in [-0.1, -0.05) is 39.5 Å². The van der Waals surface area contributed by atoms with Gasteiger partial charge >= 0.3 is 5.97 Å². The highest BCUT2D eigenvalue weighted by Gasteiger charge is 2.23. The molecule has 0 fully saturated rings. The van der Waals surface area contributed by atoms with Gasteiger partial charge in [0.2, 0.25) is 0 Å². The molecule has 0 aromatic carbocycles. The third kappa shape index (κ3) is 5.22. The molecular formula is C11H22O3. The highest BCUT2D eigenvalue weighted by atomic mass is 16.4. The Morgan fingerprint density at radius 2 is 1.93 bits per heavy atom. The fourth-order valence-corrected chi connectivity index (χ4v) is 1.57. The number of carboxylic acids is 1. The summed E-state index contributed by atoms with van der Waals surface area (Å²) in [7, 11) is 0. The second-order valence-corrected chi connectivity index (χ2v) is 3.95. The number of carboxylic acid groups (broad SMARTS) is 1. The van der Waals surface area contributed by atoms with Crippen molar-refractivity contribution < 1.29 is 15.0 Å². The molecule has 3 heteroatoms. The van der Waals surface area contributed by atoms with Crippen molar-refractivity contribution in [1.82, 2.24) is 0 Å². The van der Waals surface area contributed by atoms with E-state index in [9.17, 15) is 4.79 Å². The van der Waals surface area contributed by atoms with Crippen molar-refractivity contribution in [2.45, 2.75) is 46.0 Å². The monoisotopic (exact) mass is 202 g/mol. The molecule has 14 heavy (non-hydrogen) atoms. The Hall–Kier alpha value is -0.570. The summed E-state index contributed by atoms with van der Waals surface area (Å²) in [5, 5.41) is 17.8. The average molecular weight is 202 g/mol. The van der Waals surface area contributed by atoms with Gasteiger partial charge in [-0.05, 0) is 12.3 Å². The largest absolute Gasteiger partial charge is 0.481 e. The molecule has 0 aromatic rings. The molecule has 84 valence electrons. The van der Waals surface area contributed by atoms with E-state index in [1.54, 1.807) is 6.92 Å². The lowest BCUT2D eigenvalue weighted by atomic mass is 9.89. The molecule has 0 amide bonds. The van der Waals surface area contributed by atoms with E-state index in [-0.39, 0.29) is 18.4 Å². The van der Waals surface area contributed by atoms with Crippen LogP contribution in [0.3, 0.4) is 0 Å². The summed E-state index contributed by atoms with van der Waals surface area (Å²) in [6.45, 7) is 3.88. The lowest BCUT2D eigenvalue weighted by Crippen LogP contribution is -2.24. The van der Waals surface area contributed by atoms with Gasteiger partial charge in [-0.15, -0.1) is 0 Å². The molecule has 0 heterocycles. The van der Waals surface area contributed by atoms with Crippen LogP contribution in [0, 0.1) is 11.8 Å². The van der Waals surface area contributed by atoms with Crippen LogP contribution in [-0.2, 0) is 4.79 Å². The highest BCUT2D eigenvalue weighted by Crippen LogP contribution is 2.19. The number of hydrogen-bond acceptors (Lipinski definition) is 2. The SMILES string of the molecule is CCCCCCC(C(=O)O)C(C)CO. The third-order valence-electron chi connectivity index (χ3n) is 2.66. The fraction of sp³-hybridized carbons (Fsp3) is 0.909. The molecule has 2 N–H and O–H groups in total. The van der Waals surface area contributed by atoms with Crippen molar-refractivity contribution in [3.05, 3.63) is 0 Å². The summed E-state index contributed by atoms with van der Waals surface area (Å²) >= 11 is 0. The van der Waals surface area contributed by atoms with Crippen molar-refractivity contribution in [3.63, 3.8) is 0 Å². The number of aliphatic carboxylic acids is 1. The van der Waals surface area contributed by atoms with Gasteiger partial charge in [0.25, 0.3) is 0 Å². The minimum Gasteiger partial charge on any atom is -0.481 e. The van der Waals surface area contributed by atoms with Crippen molar-refractivity contribution in [2.24, 2.45) is 11.8 Å². The first-order valence-electron chi connectivity index (χ1n) is 5.47. The first-order chi connectivity index (χ1) is 6.63. The molecule has 0 saturated heterocycles. The second kappa shape index (κ2) is 7.80. The first-order valence-corrected chi connectivity index (χ1v) is 5.47. The number of aliphatic hydroxyl groups is 1. The van der Waals surface area contributed by atoms with Gasteiger partial charge in [-0.25, -0.2) is 0 Å². The van der Waals surface area contributed by atoms with Gasteiger partial charge < -0.3 is 10.2 Å². The molecule has 0 aliphatic heterocycles. The summed E-state index contributed by atoms with van der Waals surface area (Å²) in [6.07, 6.45) is 5.07. The lowest BCUT2D eigenvalue weighted by Gasteiger charge is -2.17.